The van der Waals surface area contributed by atoms with Gasteiger partial charge >= 0.3 is 0 Å². The zero-order valence-corrected chi connectivity index (χ0v) is 17.4. The van der Waals surface area contributed by atoms with Gasteiger partial charge in [-0.1, -0.05) is 12.8 Å². The van der Waals surface area contributed by atoms with Crippen LogP contribution in [-0.4, -0.2) is 35.6 Å². The number of fused-ring (bicyclic) bond motifs is 2. The van der Waals surface area contributed by atoms with Gasteiger partial charge in [-0.25, -0.2) is 17.7 Å². The van der Waals surface area contributed by atoms with Crippen LogP contribution in [0, 0.1) is 0 Å². The summed E-state index contributed by atoms with van der Waals surface area (Å²) in [5.74, 6) is -0.906. The van der Waals surface area contributed by atoms with E-state index in [0.717, 1.165) is 35.7 Å². The molecule has 29 heavy (non-hydrogen) atoms. The molecule has 0 unspecified atom stereocenters. The van der Waals surface area contributed by atoms with Gasteiger partial charge < -0.3 is 0 Å². The fraction of sp³-hybridized carbons (Fsp3) is 0.450. The van der Waals surface area contributed by atoms with Crippen molar-refractivity contribution in [3.05, 3.63) is 39.9 Å². The van der Waals surface area contributed by atoms with Crippen LogP contribution in [0.15, 0.2) is 23.1 Å². The van der Waals surface area contributed by atoms with E-state index in [0.29, 0.717) is 18.0 Å². The number of carbonyl (C=O) groups is 2. The van der Waals surface area contributed by atoms with E-state index in [2.05, 4.69) is 10.3 Å². The number of sulfonamides is 1. The number of benzene rings is 1. The summed E-state index contributed by atoms with van der Waals surface area (Å²) in [6.07, 6.45) is 7.98. The summed E-state index contributed by atoms with van der Waals surface area (Å²) in [5.41, 5.74) is 1.42. The van der Waals surface area contributed by atoms with Crippen LogP contribution in [0.5, 0.6) is 0 Å². The highest BCUT2D eigenvalue weighted by atomic mass is 32.2. The monoisotopic (exact) mass is 431 g/mol. The lowest BCUT2D eigenvalue weighted by Gasteiger charge is -2.13. The zero-order chi connectivity index (χ0) is 20.2. The van der Waals surface area contributed by atoms with Crippen molar-refractivity contribution in [2.45, 2.75) is 62.3 Å². The number of nitrogens with one attached hydrogen (secondary N) is 1. The molecule has 152 valence electrons. The maximum atomic E-state index is 12.8. The van der Waals surface area contributed by atoms with Crippen molar-refractivity contribution in [2.24, 2.45) is 0 Å². The molecule has 0 radical (unpaired) electrons. The third-order valence-electron chi connectivity index (χ3n) is 5.66. The van der Waals surface area contributed by atoms with Crippen molar-refractivity contribution in [3.8, 4) is 0 Å². The highest BCUT2D eigenvalue weighted by Crippen LogP contribution is 2.39. The maximum absolute atomic E-state index is 12.8. The minimum atomic E-state index is -3.88. The smallest absolute Gasteiger partial charge is 0.269 e. The van der Waals surface area contributed by atoms with Crippen LogP contribution in [-0.2, 0) is 22.9 Å². The van der Waals surface area contributed by atoms with Gasteiger partial charge in [-0.15, -0.1) is 11.3 Å². The molecule has 2 amide bonds. The first-order chi connectivity index (χ1) is 13.9. The summed E-state index contributed by atoms with van der Waals surface area (Å²) in [7, 11) is -3.88. The van der Waals surface area contributed by atoms with Gasteiger partial charge in [-0.3, -0.25) is 14.9 Å². The molecule has 1 aromatic carbocycles. The standard InChI is InChI=1S/C20H21N3O4S2/c24-18(22-20-21-15-5-3-1-2-4-6-16(15)28-20)12-7-10-14-17(11-12)29(26,27)23(19(14)25)13-8-9-13/h7,10-11,13H,1-6,8-9H2,(H,21,22,24). The number of hydrogen-bond donors (Lipinski definition) is 1. The topological polar surface area (TPSA) is 96.4 Å². The second-order valence-corrected chi connectivity index (χ2v) is 10.7. The average molecular weight is 432 g/mol. The third kappa shape index (κ3) is 3.26. The van der Waals surface area contributed by atoms with Crippen LogP contribution in [0.4, 0.5) is 5.13 Å². The first kappa shape index (κ1) is 18.7. The molecule has 5 rings (SSSR count). The highest BCUT2D eigenvalue weighted by molar-refractivity contribution is 7.90. The molecule has 0 atom stereocenters. The van der Waals surface area contributed by atoms with Crippen molar-refractivity contribution in [1.29, 1.82) is 0 Å². The quantitative estimate of drug-likeness (QED) is 0.804. The molecule has 1 fully saturated rings. The van der Waals surface area contributed by atoms with Crippen molar-refractivity contribution < 1.29 is 18.0 Å². The van der Waals surface area contributed by atoms with E-state index in [1.54, 1.807) is 0 Å². The second-order valence-electron chi connectivity index (χ2n) is 7.81. The number of nitrogens with zero attached hydrogens (tertiary/aromatic N) is 2. The highest BCUT2D eigenvalue weighted by Gasteiger charge is 2.48. The molecule has 1 aromatic heterocycles. The number of rotatable bonds is 3. The van der Waals surface area contributed by atoms with Gasteiger partial charge in [-0.2, -0.15) is 0 Å². The first-order valence-electron chi connectivity index (χ1n) is 9.98. The van der Waals surface area contributed by atoms with Crippen LogP contribution in [0.25, 0.3) is 0 Å². The van der Waals surface area contributed by atoms with E-state index < -0.39 is 21.8 Å². The Hall–Kier alpha value is -2.26. The van der Waals surface area contributed by atoms with Gasteiger partial charge in [0, 0.05) is 16.5 Å². The Morgan fingerprint density at radius 2 is 1.90 bits per heavy atom. The van der Waals surface area contributed by atoms with E-state index in [9.17, 15) is 18.0 Å². The normalized spacial score (nSPS) is 20.6. The molecule has 1 saturated carbocycles. The Bertz CT molecular complexity index is 1090. The molecule has 2 aliphatic carbocycles. The first-order valence-corrected chi connectivity index (χ1v) is 12.2. The number of aryl methyl sites for hydroxylation is 2. The summed E-state index contributed by atoms with van der Waals surface area (Å²) < 4.78 is 26.5. The van der Waals surface area contributed by atoms with Crippen LogP contribution in [0.2, 0.25) is 0 Å². The minimum absolute atomic E-state index is 0.0755. The summed E-state index contributed by atoms with van der Waals surface area (Å²) in [4.78, 5) is 30.9. The van der Waals surface area contributed by atoms with Crippen molar-refractivity contribution in [3.63, 3.8) is 0 Å². The van der Waals surface area contributed by atoms with Gasteiger partial charge in [-0.05, 0) is 56.7 Å². The van der Waals surface area contributed by atoms with Crippen LogP contribution in [0.1, 0.15) is 69.8 Å². The van der Waals surface area contributed by atoms with Crippen molar-refractivity contribution >= 4 is 38.3 Å². The van der Waals surface area contributed by atoms with Gasteiger partial charge in [0.1, 0.15) is 4.90 Å². The molecule has 0 saturated heterocycles. The average Bonchev–Trinajstić information content (AvgIpc) is 3.39. The third-order valence-corrected chi connectivity index (χ3v) is 8.60. The molecule has 0 spiro atoms. The van der Waals surface area contributed by atoms with E-state index in [-0.39, 0.29) is 22.1 Å². The molecule has 9 heteroatoms. The molecular formula is C20H21N3O4S2. The number of amides is 2. The largest absolute Gasteiger partial charge is 0.298 e. The summed E-state index contributed by atoms with van der Waals surface area (Å²) >= 11 is 1.50. The lowest BCUT2D eigenvalue weighted by molar-refractivity contribution is 0.0864. The fourth-order valence-corrected chi connectivity index (χ4v) is 6.87. The van der Waals surface area contributed by atoms with Crippen LogP contribution < -0.4 is 5.32 Å². The Morgan fingerprint density at radius 3 is 2.66 bits per heavy atom. The Balaban J connectivity index is 1.40. The minimum Gasteiger partial charge on any atom is -0.298 e. The molecule has 1 aliphatic heterocycles. The van der Waals surface area contributed by atoms with E-state index in [1.807, 2.05) is 0 Å². The summed E-state index contributed by atoms with van der Waals surface area (Å²) in [6.45, 7) is 0. The number of aromatic nitrogens is 1. The predicted molar refractivity (Wildman–Crippen MR) is 109 cm³/mol. The van der Waals surface area contributed by atoms with E-state index >= 15 is 0 Å². The summed E-state index contributed by atoms with van der Waals surface area (Å²) in [6, 6.07) is 4.01. The van der Waals surface area contributed by atoms with Gasteiger partial charge in [0.15, 0.2) is 5.13 Å². The Kier molecular flexibility index (Phi) is 4.47. The van der Waals surface area contributed by atoms with Crippen molar-refractivity contribution in [2.75, 3.05) is 5.32 Å². The predicted octanol–water partition coefficient (Wildman–Crippen LogP) is 3.36. The molecule has 7 nitrogen and oxygen atoms in total. The number of thiazole rings is 1. The number of carbonyl (C=O) groups excluding carboxylic acids is 2. The Labute approximate surface area is 173 Å². The second kappa shape index (κ2) is 6.91. The Morgan fingerprint density at radius 1 is 1.14 bits per heavy atom. The molecular weight excluding hydrogens is 410 g/mol. The van der Waals surface area contributed by atoms with E-state index in [4.69, 9.17) is 0 Å². The molecule has 2 aromatic rings. The van der Waals surface area contributed by atoms with E-state index in [1.165, 1.54) is 47.3 Å². The van der Waals surface area contributed by atoms with Gasteiger partial charge in [0.25, 0.3) is 21.8 Å². The lowest BCUT2D eigenvalue weighted by Crippen LogP contribution is -2.31. The fourth-order valence-electron chi connectivity index (χ4n) is 3.99. The number of anilines is 1. The SMILES string of the molecule is O=C(Nc1nc2c(s1)CCCCCC2)c1ccc2c(c1)S(=O)(=O)N(C1CC1)C2=O. The maximum Gasteiger partial charge on any atom is 0.269 e. The van der Waals surface area contributed by atoms with Crippen molar-refractivity contribution in [1.82, 2.24) is 9.29 Å². The zero-order valence-electron chi connectivity index (χ0n) is 15.8. The lowest BCUT2D eigenvalue weighted by atomic mass is 10.0. The molecule has 1 N–H and O–H groups in total. The molecule has 2 heterocycles. The van der Waals surface area contributed by atoms with Gasteiger partial charge in [0.2, 0.25) is 0 Å². The van der Waals surface area contributed by atoms with Gasteiger partial charge in [0.05, 0.1) is 11.3 Å². The molecule has 0 bridgehead atoms. The molecule has 3 aliphatic rings. The van der Waals surface area contributed by atoms with Crippen LogP contribution in [0.3, 0.4) is 0 Å². The van der Waals surface area contributed by atoms with Crippen LogP contribution >= 0.6 is 11.3 Å². The number of hydrogen-bond acceptors (Lipinski definition) is 6. The summed E-state index contributed by atoms with van der Waals surface area (Å²) in [5, 5.41) is 3.35.